The standard InChI is InChI=1S/C22H28FN7O/c1-25-17-6-4-5-7-19(17)29(2)22-16(23)11-15(20(24)31)21(28-22)27-14-8-9-18-13(10-14)12-26-30(18)3/h8-12,17,19,25H,4-7H2,1-3H3,(H2,24,31)(H,27,28). The molecule has 1 aromatic carbocycles. The topological polar surface area (TPSA) is 101 Å². The quantitative estimate of drug-likeness (QED) is 0.561. The lowest BCUT2D eigenvalue weighted by molar-refractivity contribution is 0.100. The van der Waals surface area contributed by atoms with E-state index >= 15 is 4.39 Å². The molecule has 1 aliphatic carbocycles. The molecule has 4 N–H and O–H groups in total. The Morgan fingerprint density at radius 2 is 2.06 bits per heavy atom. The summed E-state index contributed by atoms with van der Waals surface area (Å²) in [6.45, 7) is 0. The van der Waals surface area contributed by atoms with Crippen molar-refractivity contribution < 1.29 is 9.18 Å². The van der Waals surface area contributed by atoms with Gasteiger partial charge in [0.05, 0.1) is 17.3 Å². The van der Waals surface area contributed by atoms with Crippen molar-refractivity contribution in [2.45, 2.75) is 37.8 Å². The molecule has 0 bridgehead atoms. The number of likely N-dealkylation sites (N-methyl/N-ethyl adjacent to an activating group) is 2. The maximum Gasteiger partial charge on any atom is 0.252 e. The first-order valence-corrected chi connectivity index (χ1v) is 10.5. The first-order chi connectivity index (χ1) is 14.9. The molecule has 2 aromatic heterocycles. The highest BCUT2D eigenvalue weighted by Crippen LogP contribution is 2.31. The molecule has 0 spiro atoms. The van der Waals surface area contributed by atoms with Crippen LogP contribution in [0.25, 0.3) is 10.9 Å². The largest absolute Gasteiger partial charge is 0.365 e. The van der Waals surface area contributed by atoms with E-state index in [1.54, 1.807) is 10.9 Å². The van der Waals surface area contributed by atoms with Crippen molar-refractivity contribution in [1.29, 1.82) is 0 Å². The number of nitrogens with one attached hydrogen (secondary N) is 2. The number of amides is 1. The minimum absolute atomic E-state index is 0.00902. The van der Waals surface area contributed by atoms with Crippen molar-refractivity contribution in [2.75, 3.05) is 24.3 Å². The molecule has 1 fully saturated rings. The van der Waals surface area contributed by atoms with E-state index in [0.717, 1.165) is 36.6 Å². The molecule has 2 atom stereocenters. The summed E-state index contributed by atoms with van der Waals surface area (Å²) < 4.78 is 16.8. The molecule has 0 aliphatic heterocycles. The van der Waals surface area contributed by atoms with E-state index in [9.17, 15) is 4.79 Å². The molecule has 2 heterocycles. The zero-order valence-electron chi connectivity index (χ0n) is 18.0. The third kappa shape index (κ3) is 4.05. The van der Waals surface area contributed by atoms with Crippen molar-refractivity contribution in [3.05, 3.63) is 41.8 Å². The molecule has 4 rings (SSSR count). The first-order valence-electron chi connectivity index (χ1n) is 10.5. The smallest absolute Gasteiger partial charge is 0.252 e. The maximum atomic E-state index is 15.0. The Labute approximate surface area is 180 Å². The second-order valence-electron chi connectivity index (χ2n) is 8.08. The van der Waals surface area contributed by atoms with Crippen LogP contribution in [0.15, 0.2) is 30.5 Å². The van der Waals surface area contributed by atoms with Crippen LogP contribution in [0.4, 0.5) is 21.7 Å². The van der Waals surface area contributed by atoms with Crippen LogP contribution in [0.5, 0.6) is 0 Å². The van der Waals surface area contributed by atoms with Gasteiger partial charge in [-0.1, -0.05) is 12.8 Å². The van der Waals surface area contributed by atoms with Crippen LogP contribution in [0.2, 0.25) is 0 Å². The Morgan fingerprint density at radius 3 is 2.81 bits per heavy atom. The molecular weight excluding hydrogens is 397 g/mol. The Hall–Kier alpha value is -3.20. The number of nitrogens with zero attached hydrogens (tertiary/aromatic N) is 4. The maximum absolute atomic E-state index is 15.0. The molecule has 0 saturated heterocycles. The highest BCUT2D eigenvalue weighted by atomic mass is 19.1. The lowest BCUT2D eigenvalue weighted by Gasteiger charge is -2.38. The van der Waals surface area contributed by atoms with Crippen LogP contribution < -0.4 is 21.3 Å². The Bertz CT molecular complexity index is 1110. The molecule has 1 saturated carbocycles. The fourth-order valence-corrected chi connectivity index (χ4v) is 4.46. The summed E-state index contributed by atoms with van der Waals surface area (Å²) in [4.78, 5) is 18.4. The summed E-state index contributed by atoms with van der Waals surface area (Å²) >= 11 is 0. The number of primary amides is 1. The predicted octanol–water partition coefficient (Wildman–Crippen LogP) is 2.92. The molecule has 9 heteroatoms. The molecule has 0 radical (unpaired) electrons. The SMILES string of the molecule is CNC1CCCCC1N(C)c1nc(Nc2ccc3c(cnn3C)c2)c(C(N)=O)cc1F. The number of rotatable bonds is 6. The van der Waals surface area contributed by atoms with E-state index < -0.39 is 11.7 Å². The van der Waals surface area contributed by atoms with Gasteiger partial charge in [-0.2, -0.15) is 5.10 Å². The number of aryl methyl sites for hydroxylation is 1. The molecule has 8 nitrogen and oxygen atoms in total. The Kier molecular flexibility index (Phi) is 5.77. The summed E-state index contributed by atoms with van der Waals surface area (Å²) in [5, 5.41) is 11.7. The van der Waals surface area contributed by atoms with Crippen LogP contribution >= 0.6 is 0 Å². The number of fused-ring (bicyclic) bond motifs is 1. The lowest BCUT2D eigenvalue weighted by Crippen LogP contribution is -2.50. The average Bonchev–Trinajstić information content (AvgIpc) is 3.14. The number of carbonyl (C=O) groups excluding carboxylic acids is 1. The number of hydrogen-bond acceptors (Lipinski definition) is 6. The van der Waals surface area contributed by atoms with Gasteiger partial charge in [-0.3, -0.25) is 9.48 Å². The molecule has 1 amide bonds. The highest BCUT2D eigenvalue weighted by Gasteiger charge is 2.30. The summed E-state index contributed by atoms with van der Waals surface area (Å²) in [5.41, 5.74) is 7.22. The van der Waals surface area contributed by atoms with E-state index in [0.29, 0.717) is 5.69 Å². The summed E-state index contributed by atoms with van der Waals surface area (Å²) in [5.74, 6) is -0.876. The van der Waals surface area contributed by atoms with Crippen LogP contribution in [0.3, 0.4) is 0 Å². The van der Waals surface area contributed by atoms with Crippen LogP contribution in [-0.2, 0) is 7.05 Å². The van der Waals surface area contributed by atoms with Gasteiger partial charge in [0.25, 0.3) is 5.91 Å². The minimum Gasteiger partial charge on any atom is -0.365 e. The van der Waals surface area contributed by atoms with Gasteiger partial charge < -0.3 is 21.3 Å². The first kappa shape index (κ1) is 21.0. The zero-order valence-corrected chi connectivity index (χ0v) is 18.0. The average molecular weight is 426 g/mol. The van der Waals surface area contributed by atoms with E-state index in [4.69, 9.17) is 5.73 Å². The van der Waals surface area contributed by atoms with Crippen molar-refractivity contribution in [2.24, 2.45) is 12.8 Å². The van der Waals surface area contributed by atoms with Crippen molar-refractivity contribution in [3.63, 3.8) is 0 Å². The van der Waals surface area contributed by atoms with Gasteiger partial charge in [0.15, 0.2) is 11.6 Å². The summed E-state index contributed by atoms with van der Waals surface area (Å²) in [6, 6.07) is 7.22. The van der Waals surface area contributed by atoms with Gasteiger partial charge in [-0.25, -0.2) is 9.37 Å². The van der Waals surface area contributed by atoms with E-state index in [1.807, 2.05) is 44.2 Å². The van der Waals surface area contributed by atoms with Gasteiger partial charge in [-0.05, 0) is 44.2 Å². The fraction of sp³-hybridized carbons (Fsp3) is 0.409. The van der Waals surface area contributed by atoms with Gasteiger partial charge in [0.1, 0.15) is 5.82 Å². The number of pyridine rings is 1. The molecule has 31 heavy (non-hydrogen) atoms. The van der Waals surface area contributed by atoms with Crippen LogP contribution in [0, 0.1) is 5.82 Å². The predicted molar refractivity (Wildman–Crippen MR) is 120 cm³/mol. The molecule has 3 aromatic rings. The Morgan fingerprint density at radius 1 is 1.29 bits per heavy atom. The third-order valence-electron chi connectivity index (χ3n) is 6.16. The van der Waals surface area contributed by atoms with Crippen molar-refractivity contribution >= 4 is 34.1 Å². The van der Waals surface area contributed by atoms with E-state index in [2.05, 4.69) is 20.7 Å². The van der Waals surface area contributed by atoms with Gasteiger partial charge in [0.2, 0.25) is 0 Å². The number of nitrogens with two attached hydrogens (primary N) is 1. The number of halogens is 1. The van der Waals surface area contributed by atoms with Gasteiger partial charge in [0, 0.05) is 37.3 Å². The third-order valence-corrected chi connectivity index (χ3v) is 6.16. The molecular formula is C22H28FN7O. The zero-order chi connectivity index (χ0) is 22.1. The fourth-order valence-electron chi connectivity index (χ4n) is 4.46. The summed E-state index contributed by atoms with van der Waals surface area (Å²) in [7, 11) is 5.65. The number of anilines is 3. The van der Waals surface area contributed by atoms with Crippen molar-refractivity contribution in [1.82, 2.24) is 20.1 Å². The van der Waals surface area contributed by atoms with Crippen molar-refractivity contribution in [3.8, 4) is 0 Å². The minimum atomic E-state index is -0.740. The number of aromatic nitrogens is 3. The van der Waals surface area contributed by atoms with Gasteiger partial charge in [-0.15, -0.1) is 0 Å². The molecule has 1 aliphatic rings. The van der Waals surface area contributed by atoms with Crippen LogP contribution in [-0.4, -0.2) is 46.9 Å². The highest BCUT2D eigenvalue weighted by molar-refractivity contribution is 5.99. The van der Waals surface area contributed by atoms with E-state index in [-0.39, 0.29) is 29.3 Å². The normalized spacial score (nSPS) is 18.8. The van der Waals surface area contributed by atoms with E-state index in [1.165, 1.54) is 6.07 Å². The van der Waals surface area contributed by atoms with Gasteiger partial charge >= 0.3 is 0 Å². The second-order valence-corrected chi connectivity index (χ2v) is 8.08. The lowest BCUT2D eigenvalue weighted by atomic mass is 9.89. The van der Waals surface area contributed by atoms with Crippen LogP contribution in [0.1, 0.15) is 36.0 Å². The summed E-state index contributed by atoms with van der Waals surface area (Å²) in [6.07, 6.45) is 5.97. The number of carbonyl (C=O) groups is 1. The number of benzene rings is 1. The Balaban J connectivity index is 1.71. The molecule has 164 valence electrons. The number of hydrogen-bond donors (Lipinski definition) is 3. The second kappa shape index (κ2) is 8.50. The molecule has 2 unspecified atom stereocenters. The monoisotopic (exact) mass is 425 g/mol.